The average molecular weight is 553 g/mol. The summed E-state index contributed by atoms with van der Waals surface area (Å²) < 4.78 is 40.7. The molecule has 0 N–H and O–H groups in total. The van der Waals surface area contributed by atoms with Crippen molar-refractivity contribution in [3.05, 3.63) is 114 Å². The van der Waals surface area contributed by atoms with Crippen molar-refractivity contribution in [3.8, 4) is 39.1 Å². The summed E-state index contributed by atoms with van der Waals surface area (Å²) in [5.74, 6) is -1.42. The fraction of sp³-hybridized carbons (Fsp3) is 0.297. The maximum atomic E-state index is 14.7. The van der Waals surface area contributed by atoms with Crippen LogP contribution in [0.2, 0.25) is 0 Å². The van der Waals surface area contributed by atoms with Gasteiger partial charge in [0.2, 0.25) is 5.82 Å². The molecule has 0 amide bonds. The predicted molar refractivity (Wildman–Crippen MR) is 164 cm³/mol. The molecule has 1 aliphatic heterocycles. The Labute approximate surface area is 242 Å². The minimum atomic E-state index is -0.944. The predicted octanol–water partition coefficient (Wildman–Crippen LogP) is 10.4. The third kappa shape index (κ3) is 6.94. The third-order valence-electron chi connectivity index (χ3n) is 7.90. The lowest BCUT2D eigenvalue weighted by Gasteiger charge is -2.29. The van der Waals surface area contributed by atoms with Crippen molar-refractivity contribution >= 4 is 0 Å². The Kier molecular flexibility index (Phi) is 9.63. The Morgan fingerprint density at radius 2 is 1.34 bits per heavy atom. The summed E-state index contributed by atoms with van der Waals surface area (Å²) in [7, 11) is 0. The molecule has 1 saturated heterocycles. The van der Waals surface area contributed by atoms with Gasteiger partial charge in [0.25, 0.3) is 0 Å². The zero-order valence-corrected chi connectivity index (χ0v) is 23.9. The van der Waals surface area contributed by atoms with E-state index in [-0.39, 0.29) is 11.3 Å². The van der Waals surface area contributed by atoms with E-state index < -0.39 is 11.6 Å². The zero-order valence-electron chi connectivity index (χ0n) is 23.9. The van der Waals surface area contributed by atoms with Gasteiger partial charge < -0.3 is 9.47 Å². The second-order valence-electron chi connectivity index (χ2n) is 10.7. The van der Waals surface area contributed by atoms with E-state index in [1.54, 1.807) is 6.07 Å². The van der Waals surface area contributed by atoms with E-state index in [2.05, 4.69) is 67.6 Å². The molecule has 5 rings (SSSR count). The molecule has 0 aromatic heterocycles. The van der Waals surface area contributed by atoms with Gasteiger partial charge in [-0.1, -0.05) is 91.9 Å². The highest BCUT2D eigenvalue weighted by Crippen LogP contribution is 2.34. The van der Waals surface area contributed by atoms with Gasteiger partial charge in [-0.25, -0.2) is 4.39 Å². The van der Waals surface area contributed by atoms with Crippen LogP contribution >= 0.6 is 0 Å². The van der Waals surface area contributed by atoms with Gasteiger partial charge >= 0.3 is 0 Å². The maximum absolute atomic E-state index is 14.7. The molecule has 4 aromatic carbocycles. The van der Waals surface area contributed by atoms with Crippen LogP contribution in [0.25, 0.3) is 33.4 Å². The van der Waals surface area contributed by atoms with Crippen molar-refractivity contribution in [1.29, 1.82) is 0 Å². The third-order valence-corrected chi connectivity index (χ3v) is 7.90. The topological polar surface area (TPSA) is 18.5 Å². The van der Waals surface area contributed by atoms with E-state index in [0.717, 1.165) is 49.0 Å². The molecule has 2 nitrogen and oxygen atoms in total. The van der Waals surface area contributed by atoms with Crippen molar-refractivity contribution in [3.63, 3.8) is 0 Å². The summed E-state index contributed by atoms with van der Waals surface area (Å²) in [4.78, 5) is 0. The van der Waals surface area contributed by atoms with Crippen LogP contribution in [0.15, 0.2) is 97.1 Å². The summed E-state index contributed by atoms with van der Waals surface area (Å²) in [5, 5.41) is 0. The molecule has 1 fully saturated rings. The van der Waals surface area contributed by atoms with Crippen molar-refractivity contribution in [2.45, 2.75) is 58.0 Å². The van der Waals surface area contributed by atoms with E-state index in [0.29, 0.717) is 24.2 Å². The highest BCUT2D eigenvalue weighted by Gasteiger charge is 2.22. The molecule has 0 aliphatic carbocycles. The summed E-state index contributed by atoms with van der Waals surface area (Å²) >= 11 is 0. The Morgan fingerprint density at radius 3 is 1.88 bits per heavy atom. The SMILES string of the molecule is CC=CCCC1CCC(c2ccc(-c3ccc(-c4ccc(-c5ccc(OCCC)c(F)c5F)cc4)cc3)cc2)CO1. The molecule has 0 spiro atoms. The number of halogens is 2. The first-order valence-electron chi connectivity index (χ1n) is 14.7. The molecule has 0 radical (unpaired) electrons. The second kappa shape index (κ2) is 13.7. The van der Waals surface area contributed by atoms with Gasteiger partial charge in [-0.15, -0.1) is 0 Å². The molecule has 0 bridgehead atoms. The highest BCUT2D eigenvalue weighted by atomic mass is 19.2. The number of hydrogen-bond donors (Lipinski definition) is 0. The van der Waals surface area contributed by atoms with Gasteiger partial charge in [-0.3, -0.25) is 0 Å². The average Bonchev–Trinajstić information content (AvgIpc) is 3.03. The fourth-order valence-electron chi connectivity index (χ4n) is 5.47. The first-order chi connectivity index (χ1) is 20.1. The zero-order chi connectivity index (χ0) is 28.6. The van der Waals surface area contributed by atoms with Gasteiger partial charge in [-0.2, -0.15) is 4.39 Å². The molecule has 2 atom stereocenters. The maximum Gasteiger partial charge on any atom is 0.201 e. The molecule has 212 valence electrons. The van der Waals surface area contributed by atoms with Crippen LogP contribution in [0.1, 0.15) is 57.4 Å². The Bertz CT molecular complexity index is 1430. The first-order valence-corrected chi connectivity index (χ1v) is 14.7. The van der Waals surface area contributed by atoms with Gasteiger partial charge in [0, 0.05) is 11.5 Å². The lowest BCUT2D eigenvalue weighted by Crippen LogP contribution is -2.24. The highest BCUT2D eigenvalue weighted by molar-refractivity contribution is 5.73. The van der Waals surface area contributed by atoms with E-state index in [1.165, 1.54) is 23.6 Å². The van der Waals surface area contributed by atoms with Gasteiger partial charge in [0.1, 0.15) is 0 Å². The van der Waals surface area contributed by atoms with Crippen LogP contribution in [-0.2, 0) is 4.74 Å². The number of hydrogen-bond acceptors (Lipinski definition) is 2. The molecule has 4 aromatic rings. The Balaban J connectivity index is 1.21. The number of ether oxygens (including phenoxy) is 2. The smallest absolute Gasteiger partial charge is 0.201 e. The molecule has 1 aliphatic rings. The largest absolute Gasteiger partial charge is 0.490 e. The van der Waals surface area contributed by atoms with E-state index in [9.17, 15) is 8.78 Å². The van der Waals surface area contributed by atoms with Crippen LogP contribution < -0.4 is 4.74 Å². The monoisotopic (exact) mass is 552 g/mol. The lowest BCUT2D eigenvalue weighted by molar-refractivity contribution is -0.000184. The van der Waals surface area contributed by atoms with Crippen LogP contribution in [-0.4, -0.2) is 19.3 Å². The van der Waals surface area contributed by atoms with E-state index in [1.807, 2.05) is 31.2 Å². The second-order valence-corrected chi connectivity index (χ2v) is 10.7. The van der Waals surface area contributed by atoms with Gasteiger partial charge in [0.15, 0.2) is 11.6 Å². The normalized spacial score (nSPS) is 17.2. The van der Waals surface area contributed by atoms with Crippen LogP contribution in [0.5, 0.6) is 5.75 Å². The molecule has 0 saturated carbocycles. The molecular weight excluding hydrogens is 514 g/mol. The molecule has 4 heteroatoms. The van der Waals surface area contributed by atoms with Crippen LogP contribution in [0.3, 0.4) is 0 Å². The minimum Gasteiger partial charge on any atom is -0.490 e. The summed E-state index contributed by atoms with van der Waals surface area (Å²) in [6.45, 7) is 5.13. The molecule has 2 unspecified atom stereocenters. The van der Waals surface area contributed by atoms with Crippen LogP contribution in [0, 0.1) is 11.6 Å². The van der Waals surface area contributed by atoms with Gasteiger partial charge in [-0.05, 0) is 84.5 Å². The van der Waals surface area contributed by atoms with E-state index in [4.69, 9.17) is 9.47 Å². The van der Waals surface area contributed by atoms with Crippen molar-refractivity contribution in [1.82, 2.24) is 0 Å². The minimum absolute atomic E-state index is 0.0493. The summed E-state index contributed by atoms with van der Waals surface area (Å²) in [6, 6.07) is 27.9. The summed E-state index contributed by atoms with van der Waals surface area (Å²) in [6.07, 6.45) is 9.94. The van der Waals surface area contributed by atoms with Crippen molar-refractivity contribution in [2.75, 3.05) is 13.2 Å². The number of benzene rings is 4. The Morgan fingerprint density at radius 1 is 0.756 bits per heavy atom. The van der Waals surface area contributed by atoms with Crippen LogP contribution in [0.4, 0.5) is 8.78 Å². The molecule has 1 heterocycles. The quantitative estimate of drug-likeness (QED) is 0.182. The number of allylic oxidation sites excluding steroid dienone is 2. The van der Waals surface area contributed by atoms with E-state index >= 15 is 0 Å². The summed E-state index contributed by atoms with van der Waals surface area (Å²) in [5.41, 5.74) is 6.61. The molecule has 41 heavy (non-hydrogen) atoms. The fourth-order valence-corrected chi connectivity index (χ4v) is 5.47. The Hall–Kier alpha value is -3.76. The number of rotatable bonds is 10. The van der Waals surface area contributed by atoms with Crippen molar-refractivity contribution in [2.24, 2.45) is 0 Å². The lowest BCUT2D eigenvalue weighted by atomic mass is 9.89. The van der Waals surface area contributed by atoms with Gasteiger partial charge in [0.05, 0.1) is 19.3 Å². The standard InChI is InChI=1S/C37H38F2O2/c1-3-5-6-7-33-21-20-32(25-41-33)30-14-12-28(13-15-30)26-8-10-27(11-9-26)29-16-18-31(19-17-29)34-22-23-35(40-24-4-2)37(39)36(34)38/h3,5,8-19,22-23,32-33H,4,6-7,20-21,24-25H2,1-2H3. The first kappa shape index (κ1) is 28.8. The molecular formula is C37H38F2O2. The van der Waals surface area contributed by atoms with Crippen molar-refractivity contribution < 1.29 is 18.3 Å².